The summed E-state index contributed by atoms with van der Waals surface area (Å²) in [5.41, 5.74) is 6.80. The van der Waals surface area contributed by atoms with Crippen molar-refractivity contribution >= 4 is 22.9 Å². The number of hydrogen-bond donors (Lipinski definition) is 2. The summed E-state index contributed by atoms with van der Waals surface area (Å²) in [6.45, 7) is 2.76. The van der Waals surface area contributed by atoms with Crippen LogP contribution in [0.25, 0.3) is 0 Å². The van der Waals surface area contributed by atoms with E-state index in [0.717, 1.165) is 12.2 Å². The fraction of sp³-hybridized carbons (Fsp3) is 0.462. The van der Waals surface area contributed by atoms with Crippen LogP contribution >= 0.6 is 12.2 Å². The molecule has 0 amide bonds. The minimum Gasteiger partial charge on any atom is -0.389 e. The lowest BCUT2D eigenvalue weighted by molar-refractivity contribution is 0.126. The average molecular weight is 285 g/mol. The maximum atomic E-state index is 13.1. The molecule has 6 heteroatoms. The van der Waals surface area contributed by atoms with Gasteiger partial charge in [-0.2, -0.15) is 0 Å². The summed E-state index contributed by atoms with van der Waals surface area (Å²) in [7, 11) is 3.99. The lowest BCUT2D eigenvalue weighted by Crippen LogP contribution is -2.20. The molecule has 0 heterocycles. The number of nitrogens with one attached hydrogen (secondary N) is 1. The first-order valence-corrected chi connectivity index (χ1v) is 6.47. The smallest absolute Gasteiger partial charge is 0.124 e. The Hall–Kier alpha value is -1.24. The lowest BCUT2D eigenvalue weighted by atomic mass is 10.1. The molecule has 0 aliphatic carbocycles. The summed E-state index contributed by atoms with van der Waals surface area (Å²) in [6, 6.07) is 4.33. The zero-order valence-electron chi connectivity index (χ0n) is 11.3. The Morgan fingerprint density at radius 3 is 2.79 bits per heavy atom. The normalized spacial score (nSPS) is 10.7. The van der Waals surface area contributed by atoms with Crippen molar-refractivity contribution in [3.05, 3.63) is 29.6 Å². The van der Waals surface area contributed by atoms with E-state index in [0.29, 0.717) is 25.3 Å². The van der Waals surface area contributed by atoms with Gasteiger partial charge in [-0.25, -0.2) is 4.39 Å². The predicted octanol–water partition coefficient (Wildman–Crippen LogP) is 1.45. The van der Waals surface area contributed by atoms with Crippen LogP contribution in [0.5, 0.6) is 0 Å². The van der Waals surface area contributed by atoms with Crippen molar-refractivity contribution in [1.29, 1.82) is 0 Å². The molecule has 0 saturated carbocycles. The minimum absolute atomic E-state index is 0.176. The Kier molecular flexibility index (Phi) is 6.69. The van der Waals surface area contributed by atoms with Crippen LogP contribution in [0.15, 0.2) is 18.2 Å². The molecule has 0 spiro atoms. The third-order valence-electron chi connectivity index (χ3n) is 2.49. The van der Waals surface area contributed by atoms with Gasteiger partial charge in [-0.15, -0.1) is 0 Å². The number of anilines is 1. The van der Waals surface area contributed by atoms with Crippen LogP contribution in [0.1, 0.15) is 5.56 Å². The van der Waals surface area contributed by atoms with Gasteiger partial charge < -0.3 is 20.7 Å². The Morgan fingerprint density at radius 2 is 2.16 bits per heavy atom. The first-order valence-electron chi connectivity index (χ1n) is 6.06. The number of likely N-dealkylation sites (N-methyl/N-ethyl adjacent to an activating group) is 1. The molecule has 1 rings (SSSR count). The highest BCUT2D eigenvalue weighted by atomic mass is 32.1. The van der Waals surface area contributed by atoms with Crippen LogP contribution < -0.4 is 11.1 Å². The summed E-state index contributed by atoms with van der Waals surface area (Å²) in [5.74, 6) is -0.351. The maximum Gasteiger partial charge on any atom is 0.124 e. The first kappa shape index (κ1) is 15.8. The number of halogens is 1. The molecule has 19 heavy (non-hydrogen) atoms. The Labute approximate surface area is 118 Å². The Bertz CT molecular complexity index is 426. The lowest BCUT2D eigenvalue weighted by Gasteiger charge is -2.13. The van der Waals surface area contributed by atoms with E-state index in [1.165, 1.54) is 12.1 Å². The van der Waals surface area contributed by atoms with E-state index in [4.69, 9.17) is 22.7 Å². The highest BCUT2D eigenvalue weighted by Crippen LogP contribution is 2.16. The van der Waals surface area contributed by atoms with Gasteiger partial charge in [-0.1, -0.05) is 12.2 Å². The van der Waals surface area contributed by atoms with E-state index in [1.807, 2.05) is 14.1 Å². The van der Waals surface area contributed by atoms with E-state index >= 15 is 0 Å². The molecule has 1 aromatic carbocycles. The van der Waals surface area contributed by atoms with Crippen LogP contribution in [0, 0.1) is 5.82 Å². The molecule has 4 nitrogen and oxygen atoms in total. The van der Waals surface area contributed by atoms with Crippen molar-refractivity contribution < 1.29 is 9.13 Å². The highest BCUT2D eigenvalue weighted by molar-refractivity contribution is 7.80. The molecule has 0 aliphatic heterocycles. The van der Waals surface area contributed by atoms with Crippen molar-refractivity contribution in [3.8, 4) is 0 Å². The van der Waals surface area contributed by atoms with Crippen molar-refractivity contribution in [2.24, 2.45) is 5.73 Å². The zero-order valence-corrected chi connectivity index (χ0v) is 12.1. The van der Waals surface area contributed by atoms with E-state index < -0.39 is 0 Å². The molecule has 0 aromatic heterocycles. The Morgan fingerprint density at radius 1 is 1.42 bits per heavy atom. The first-order chi connectivity index (χ1) is 9.00. The van der Waals surface area contributed by atoms with Crippen LogP contribution in [-0.2, 0) is 4.74 Å². The van der Waals surface area contributed by atoms with E-state index in [9.17, 15) is 4.39 Å². The standard InChI is InChI=1S/C13H20FN3OS/c1-17(2)6-8-18-7-5-16-12-4-3-10(14)9-11(12)13(15)19/h3-4,9,16H,5-8H2,1-2H3,(H2,15,19). The van der Waals surface area contributed by atoms with Crippen LogP contribution in [0.4, 0.5) is 10.1 Å². The van der Waals surface area contributed by atoms with Crippen LogP contribution in [0.2, 0.25) is 0 Å². The van der Waals surface area contributed by atoms with Crippen LogP contribution in [-0.4, -0.2) is 50.3 Å². The van der Waals surface area contributed by atoms with E-state index in [2.05, 4.69) is 10.2 Å². The topological polar surface area (TPSA) is 50.5 Å². The summed E-state index contributed by atoms with van der Waals surface area (Å²) in [4.78, 5) is 2.23. The molecular weight excluding hydrogens is 265 g/mol. The van der Waals surface area contributed by atoms with Gasteiger partial charge >= 0.3 is 0 Å². The summed E-state index contributed by atoms with van der Waals surface area (Å²) >= 11 is 4.89. The second-order valence-corrected chi connectivity index (χ2v) is 4.84. The second-order valence-electron chi connectivity index (χ2n) is 4.40. The highest BCUT2D eigenvalue weighted by Gasteiger charge is 2.06. The van der Waals surface area contributed by atoms with Crippen molar-refractivity contribution in [2.45, 2.75) is 0 Å². The summed E-state index contributed by atoms with van der Waals surface area (Å²) in [6.07, 6.45) is 0. The number of benzene rings is 1. The van der Waals surface area contributed by atoms with Crippen molar-refractivity contribution in [1.82, 2.24) is 4.90 Å². The molecule has 0 saturated heterocycles. The van der Waals surface area contributed by atoms with Crippen molar-refractivity contribution in [3.63, 3.8) is 0 Å². The number of thiocarbonyl (C=S) groups is 1. The van der Waals surface area contributed by atoms with Gasteiger partial charge in [0.2, 0.25) is 0 Å². The van der Waals surface area contributed by atoms with Gasteiger partial charge in [-0.3, -0.25) is 0 Å². The molecule has 0 radical (unpaired) electrons. The Balaban J connectivity index is 2.39. The molecule has 0 aliphatic rings. The fourth-order valence-electron chi connectivity index (χ4n) is 1.48. The minimum atomic E-state index is -0.351. The quantitative estimate of drug-likeness (QED) is 0.559. The SMILES string of the molecule is CN(C)CCOCCNc1ccc(F)cc1C(N)=S. The molecule has 3 N–H and O–H groups in total. The summed E-state index contributed by atoms with van der Waals surface area (Å²) in [5, 5.41) is 3.14. The van der Waals surface area contributed by atoms with Gasteiger partial charge in [0.25, 0.3) is 0 Å². The molecular formula is C13H20FN3OS. The number of rotatable bonds is 8. The molecule has 106 valence electrons. The third kappa shape index (κ3) is 5.96. The maximum absolute atomic E-state index is 13.1. The zero-order chi connectivity index (χ0) is 14.3. The molecule has 1 aromatic rings. The third-order valence-corrected chi connectivity index (χ3v) is 2.71. The number of nitrogens with two attached hydrogens (primary N) is 1. The van der Waals surface area contributed by atoms with Crippen LogP contribution in [0.3, 0.4) is 0 Å². The van der Waals surface area contributed by atoms with Gasteiger partial charge in [0.1, 0.15) is 10.8 Å². The van der Waals surface area contributed by atoms with Gasteiger partial charge in [0.05, 0.1) is 13.2 Å². The van der Waals surface area contributed by atoms with Gasteiger partial charge in [-0.05, 0) is 32.3 Å². The second kappa shape index (κ2) is 8.04. The fourth-order valence-corrected chi connectivity index (χ4v) is 1.65. The average Bonchev–Trinajstić information content (AvgIpc) is 2.34. The van der Waals surface area contributed by atoms with Gasteiger partial charge in [0.15, 0.2) is 0 Å². The molecule has 0 atom stereocenters. The monoisotopic (exact) mass is 285 g/mol. The summed E-state index contributed by atoms with van der Waals surface area (Å²) < 4.78 is 18.5. The molecule has 0 unspecified atom stereocenters. The van der Waals surface area contributed by atoms with E-state index in [1.54, 1.807) is 6.07 Å². The molecule has 0 fully saturated rings. The molecule has 0 bridgehead atoms. The van der Waals surface area contributed by atoms with Crippen molar-refractivity contribution in [2.75, 3.05) is 45.7 Å². The number of nitrogens with zero attached hydrogens (tertiary/aromatic N) is 1. The number of ether oxygens (including phenoxy) is 1. The predicted molar refractivity (Wildman–Crippen MR) is 80.2 cm³/mol. The van der Waals surface area contributed by atoms with Gasteiger partial charge in [0, 0.05) is 24.3 Å². The number of hydrogen-bond acceptors (Lipinski definition) is 4. The largest absolute Gasteiger partial charge is 0.389 e. The van der Waals surface area contributed by atoms with E-state index in [-0.39, 0.29) is 10.8 Å².